The van der Waals surface area contributed by atoms with Crippen molar-refractivity contribution < 1.29 is 0 Å². The molecule has 0 bridgehead atoms. The summed E-state index contributed by atoms with van der Waals surface area (Å²) in [6.07, 6.45) is 2.15. The van der Waals surface area contributed by atoms with Crippen molar-refractivity contribution in [3.05, 3.63) is 169 Å². The minimum Gasteiger partial charge on any atom is -0.134 e. The maximum Gasteiger partial charge on any atom is 0.0434 e. The molecule has 1 heterocycles. The van der Waals surface area contributed by atoms with Crippen molar-refractivity contribution in [1.29, 1.82) is 0 Å². The highest BCUT2D eigenvalue weighted by atomic mass is 32.1. The van der Waals surface area contributed by atoms with Crippen LogP contribution in [0.3, 0.4) is 0 Å². The van der Waals surface area contributed by atoms with Crippen LogP contribution >= 0.6 is 11.3 Å². The lowest BCUT2D eigenvalue weighted by molar-refractivity contribution is 0.925. The Morgan fingerprint density at radius 3 is 1.67 bits per heavy atom. The van der Waals surface area contributed by atoms with Gasteiger partial charge in [-0.15, -0.1) is 11.3 Å². The summed E-state index contributed by atoms with van der Waals surface area (Å²) in [4.78, 5) is 0. The molecule has 0 aliphatic carbocycles. The second-order valence-electron chi connectivity index (χ2n) is 13.9. The molecule has 0 saturated carbocycles. The zero-order chi connectivity index (χ0) is 34.1. The van der Waals surface area contributed by atoms with Gasteiger partial charge in [-0.3, -0.25) is 0 Å². The first kappa shape index (κ1) is 30.1. The van der Waals surface area contributed by atoms with Gasteiger partial charge in [-0.1, -0.05) is 159 Å². The Morgan fingerprint density at radius 2 is 0.922 bits per heavy atom. The van der Waals surface area contributed by atoms with E-state index >= 15 is 0 Å². The van der Waals surface area contributed by atoms with Crippen LogP contribution in [0.15, 0.2) is 158 Å². The van der Waals surface area contributed by atoms with Gasteiger partial charge in [0, 0.05) is 20.2 Å². The number of thiophene rings is 1. The zero-order valence-electron chi connectivity index (χ0n) is 28.8. The van der Waals surface area contributed by atoms with E-state index in [0.717, 1.165) is 12.8 Å². The number of hydrogen-bond donors (Lipinski definition) is 0. The quantitative estimate of drug-likeness (QED) is 0.160. The van der Waals surface area contributed by atoms with Gasteiger partial charge < -0.3 is 0 Å². The van der Waals surface area contributed by atoms with Crippen LogP contribution in [0.5, 0.6) is 0 Å². The third kappa shape index (κ3) is 4.80. The minimum atomic E-state index is 1.05. The minimum absolute atomic E-state index is 1.05. The second-order valence-corrected chi connectivity index (χ2v) is 15.0. The molecular formula is C50H36S. The molecule has 0 atom stereocenters. The predicted molar refractivity (Wildman–Crippen MR) is 224 cm³/mol. The average molecular weight is 669 g/mol. The molecule has 0 saturated heterocycles. The van der Waals surface area contributed by atoms with Gasteiger partial charge in [0.25, 0.3) is 0 Å². The van der Waals surface area contributed by atoms with Gasteiger partial charge in [-0.05, 0) is 113 Å². The van der Waals surface area contributed by atoms with Crippen molar-refractivity contribution in [2.45, 2.75) is 26.7 Å². The van der Waals surface area contributed by atoms with Crippen LogP contribution in [0.2, 0.25) is 0 Å². The van der Waals surface area contributed by atoms with E-state index in [2.05, 4.69) is 172 Å². The Hall–Kier alpha value is -5.76. The van der Waals surface area contributed by atoms with Gasteiger partial charge in [0.2, 0.25) is 0 Å². The van der Waals surface area contributed by atoms with Gasteiger partial charge in [0.1, 0.15) is 0 Å². The van der Waals surface area contributed by atoms with E-state index in [1.807, 2.05) is 11.3 Å². The van der Waals surface area contributed by atoms with Gasteiger partial charge >= 0.3 is 0 Å². The van der Waals surface area contributed by atoms with E-state index in [0.29, 0.717) is 0 Å². The van der Waals surface area contributed by atoms with Crippen molar-refractivity contribution in [3.8, 4) is 33.4 Å². The Bertz CT molecular complexity index is 2990. The smallest absolute Gasteiger partial charge is 0.0434 e. The van der Waals surface area contributed by atoms with Gasteiger partial charge in [-0.25, -0.2) is 0 Å². The van der Waals surface area contributed by atoms with Crippen molar-refractivity contribution in [1.82, 2.24) is 0 Å². The molecule has 0 amide bonds. The van der Waals surface area contributed by atoms with Crippen molar-refractivity contribution >= 4 is 74.6 Å². The number of rotatable bonds is 5. The van der Waals surface area contributed by atoms with E-state index in [9.17, 15) is 0 Å². The molecule has 0 nitrogen and oxygen atoms in total. The normalized spacial score (nSPS) is 11.9. The standard InChI is InChI=1S/C50H36S/c1-3-10-41-38(15-8-17-42(41)37-13-6-4-11-31(37)2)35-21-19-33-23-27-44-43(47(33)29-35)26-24-34-20-22-36(30-48(34)44)40-16-9-18-45-46-28-25-32-12-5-7-14-39(32)49(46)51-50(40)45/h4-9,11-30H,3,10H2,1-2H3. The maximum absolute atomic E-state index is 2.44. The molecule has 242 valence electrons. The molecule has 0 N–H and O–H groups in total. The maximum atomic E-state index is 2.44. The molecule has 0 radical (unpaired) electrons. The average Bonchev–Trinajstić information content (AvgIpc) is 3.57. The summed E-state index contributed by atoms with van der Waals surface area (Å²) in [5.74, 6) is 0. The fourth-order valence-electron chi connectivity index (χ4n) is 8.46. The highest BCUT2D eigenvalue weighted by molar-refractivity contribution is 7.27. The SMILES string of the molecule is CCCc1c(-c2ccc3ccc4c5cc(-c6cccc7c6sc6c8ccccc8ccc76)ccc5ccc4c3c2)cccc1-c1ccccc1C. The monoisotopic (exact) mass is 668 g/mol. The van der Waals surface area contributed by atoms with Crippen molar-refractivity contribution in [3.63, 3.8) is 0 Å². The van der Waals surface area contributed by atoms with Crippen molar-refractivity contribution in [2.24, 2.45) is 0 Å². The van der Waals surface area contributed by atoms with Gasteiger partial charge in [-0.2, -0.15) is 0 Å². The Labute approximate surface area is 302 Å². The van der Waals surface area contributed by atoms with E-state index < -0.39 is 0 Å². The number of fused-ring (bicyclic) bond motifs is 10. The molecule has 0 aliphatic rings. The fourth-order valence-corrected chi connectivity index (χ4v) is 9.83. The van der Waals surface area contributed by atoms with Gasteiger partial charge in [0.05, 0.1) is 0 Å². The molecule has 0 unspecified atom stereocenters. The lowest BCUT2D eigenvalue weighted by Gasteiger charge is -2.17. The van der Waals surface area contributed by atoms with Crippen LogP contribution in [0.25, 0.3) is 96.6 Å². The molecule has 0 fully saturated rings. The fraction of sp³-hybridized carbons (Fsp3) is 0.0800. The highest BCUT2D eigenvalue weighted by Crippen LogP contribution is 2.44. The number of aryl methyl sites for hydroxylation is 1. The van der Waals surface area contributed by atoms with Crippen LogP contribution in [0, 0.1) is 6.92 Å². The molecule has 0 aliphatic heterocycles. The summed E-state index contributed by atoms with van der Waals surface area (Å²) in [6.45, 7) is 4.51. The number of hydrogen-bond acceptors (Lipinski definition) is 1. The molecular weight excluding hydrogens is 633 g/mol. The second kappa shape index (κ2) is 11.9. The Kier molecular flexibility index (Phi) is 7.04. The first-order valence-electron chi connectivity index (χ1n) is 18.1. The molecule has 51 heavy (non-hydrogen) atoms. The summed E-state index contributed by atoms with van der Waals surface area (Å²) in [6, 6.07) is 59.2. The lowest BCUT2D eigenvalue weighted by atomic mass is 9.87. The summed E-state index contributed by atoms with van der Waals surface area (Å²) in [7, 11) is 0. The summed E-state index contributed by atoms with van der Waals surface area (Å²) in [5, 5.41) is 13.1. The third-order valence-electron chi connectivity index (χ3n) is 11.0. The lowest BCUT2D eigenvalue weighted by Crippen LogP contribution is -1.96. The van der Waals surface area contributed by atoms with Crippen LogP contribution in [0.4, 0.5) is 0 Å². The third-order valence-corrected chi connectivity index (χ3v) is 12.2. The van der Waals surface area contributed by atoms with E-state index in [-0.39, 0.29) is 0 Å². The van der Waals surface area contributed by atoms with Crippen LogP contribution in [-0.4, -0.2) is 0 Å². The number of benzene rings is 9. The largest absolute Gasteiger partial charge is 0.134 e. The molecule has 10 rings (SSSR count). The summed E-state index contributed by atoms with van der Waals surface area (Å²) in [5.41, 5.74) is 10.6. The summed E-state index contributed by atoms with van der Waals surface area (Å²) >= 11 is 1.93. The van der Waals surface area contributed by atoms with Crippen molar-refractivity contribution in [2.75, 3.05) is 0 Å². The molecule has 1 aromatic heterocycles. The predicted octanol–water partition coefficient (Wildman–Crippen LogP) is 14.9. The van der Waals surface area contributed by atoms with E-state index in [4.69, 9.17) is 0 Å². The topological polar surface area (TPSA) is 0 Å². The van der Waals surface area contributed by atoms with E-state index in [1.165, 1.54) is 108 Å². The zero-order valence-corrected chi connectivity index (χ0v) is 29.7. The molecule has 1 heteroatoms. The first-order chi connectivity index (χ1) is 25.2. The van der Waals surface area contributed by atoms with Crippen LogP contribution in [0.1, 0.15) is 24.5 Å². The summed E-state index contributed by atoms with van der Waals surface area (Å²) < 4.78 is 2.73. The van der Waals surface area contributed by atoms with Crippen LogP contribution in [-0.2, 0) is 6.42 Å². The first-order valence-corrected chi connectivity index (χ1v) is 18.9. The highest BCUT2D eigenvalue weighted by Gasteiger charge is 2.16. The molecule has 10 aromatic rings. The Balaban J connectivity index is 1.15. The molecule has 9 aromatic carbocycles. The van der Waals surface area contributed by atoms with Gasteiger partial charge in [0.15, 0.2) is 0 Å². The Morgan fingerprint density at radius 1 is 0.392 bits per heavy atom. The van der Waals surface area contributed by atoms with E-state index in [1.54, 1.807) is 0 Å². The van der Waals surface area contributed by atoms with Crippen LogP contribution < -0.4 is 0 Å². The molecule has 0 spiro atoms.